The van der Waals surface area contributed by atoms with Gasteiger partial charge in [0.2, 0.25) is 0 Å². The molecule has 0 amide bonds. The average molecular weight is 441 g/mol. The van der Waals surface area contributed by atoms with Crippen molar-refractivity contribution in [1.29, 1.82) is 0 Å². The van der Waals surface area contributed by atoms with Gasteiger partial charge in [0.05, 0.1) is 6.20 Å². The van der Waals surface area contributed by atoms with Gasteiger partial charge >= 0.3 is 0 Å². The van der Waals surface area contributed by atoms with Crippen molar-refractivity contribution in [2.24, 2.45) is 0 Å². The Balaban J connectivity index is 1.33. The molecule has 3 aromatic heterocycles. The molecule has 1 aromatic carbocycles. The van der Waals surface area contributed by atoms with E-state index < -0.39 is 0 Å². The topological polar surface area (TPSA) is 70.3 Å². The number of nitrogens with one attached hydrogen (secondary N) is 1. The summed E-state index contributed by atoms with van der Waals surface area (Å²) in [5.74, 6) is 2.45. The first kappa shape index (κ1) is 21.2. The number of anilines is 2. The largest absolute Gasteiger partial charge is 0.444 e. The van der Waals surface area contributed by atoms with Gasteiger partial charge in [0.15, 0.2) is 12.2 Å². The van der Waals surface area contributed by atoms with E-state index in [-0.39, 0.29) is 0 Å². The number of benzene rings is 1. The van der Waals surface area contributed by atoms with Gasteiger partial charge in [-0.15, -0.1) is 0 Å². The van der Waals surface area contributed by atoms with Gasteiger partial charge in [0.1, 0.15) is 11.6 Å². The summed E-state index contributed by atoms with van der Waals surface area (Å²) in [6, 6.07) is 12.7. The van der Waals surface area contributed by atoms with Crippen LogP contribution in [0.1, 0.15) is 18.4 Å². The number of fused-ring (bicyclic) bond motifs is 1. The fourth-order valence-corrected chi connectivity index (χ4v) is 4.32. The Morgan fingerprint density at radius 2 is 1.94 bits per heavy atom. The molecule has 0 aliphatic carbocycles. The van der Waals surface area contributed by atoms with Crippen LogP contribution in [0.3, 0.4) is 0 Å². The van der Waals surface area contributed by atoms with Crippen molar-refractivity contribution in [2.45, 2.75) is 18.9 Å². The number of aromatic nitrogens is 3. The van der Waals surface area contributed by atoms with Crippen molar-refractivity contribution >= 4 is 28.1 Å². The van der Waals surface area contributed by atoms with Crippen LogP contribution in [-0.4, -0.2) is 53.1 Å². The maximum Gasteiger partial charge on any atom is 0.181 e. The third-order valence-electron chi connectivity index (χ3n) is 6.41. The molecule has 1 fully saturated rings. The SMILES string of the molecule is C=C(Nc1cc2cc(-c3cnco3)ccc2cn1)c1ccnc(N(C)C2CCN(C)CC2)c1. The summed E-state index contributed by atoms with van der Waals surface area (Å²) in [5, 5.41) is 5.48. The van der Waals surface area contributed by atoms with Gasteiger partial charge < -0.3 is 19.5 Å². The minimum atomic E-state index is 0.505. The van der Waals surface area contributed by atoms with Crippen molar-refractivity contribution in [2.75, 3.05) is 37.4 Å². The average Bonchev–Trinajstić information content (AvgIpc) is 3.39. The molecule has 0 unspecified atom stereocenters. The second-order valence-corrected chi connectivity index (χ2v) is 8.65. The summed E-state index contributed by atoms with van der Waals surface area (Å²) in [5.41, 5.74) is 2.76. The quantitative estimate of drug-likeness (QED) is 0.457. The lowest BCUT2D eigenvalue weighted by molar-refractivity contribution is 0.252. The third-order valence-corrected chi connectivity index (χ3v) is 6.41. The minimum Gasteiger partial charge on any atom is -0.444 e. The molecule has 1 saturated heterocycles. The van der Waals surface area contributed by atoms with E-state index in [0.717, 1.165) is 70.9 Å². The molecule has 0 bridgehead atoms. The molecular weight excluding hydrogens is 412 g/mol. The minimum absolute atomic E-state index is 0.505. The zero-order chi connectivity index (χ0) is 22.8. The van der Waals surface area contributed by atoms with Gasteiger partial charge in [-0.25, -0.2) is 15.0 Å². The monoisotopic (exact) mass is 440 g/mol. The van der Waals surface area contributed by atoms with Crippen LogP contribution in [0.2, 0.25) is 0 Å². The van der Waals surface area contributed by atoms with Gasteiger partial charge in [-0.05, 0) is 62.6 Å². The van der Waals surface area contributed by atoms with Crippen molar-refractivity contribution in [3.8, 4) is 11.3 Å². The maximum atomic E-state index is 5.43. The molecular formula is C26H28N6O. The van der Waals surface area contributed by atoms with Gasteiger partial charge in [-0.3, -0.25) is 0 Å². The van der Waals surface area contributed by atoms with Crippen molar-refractivity contribution in [3.05, 3.63) is 73.5 Å². The molecule has 0 atom stereocenters. The number of rotatable bonds is 6. The Hall–Kier alpha value is -3.71. The Bertz CT molecular complexity index is 1260. The smallest absolute Gasteiger partial charge is 0.181 e. The van der Waals surface area contributed by atoms with Crippen molar-refractivity contribution in [3.63, 3.8) is 0 Å². The molecule has 0 saturated carbocycles. The maximum absolute atomic E-state index is 5.43. The predicted molar refractivity (Wildman–Crippen MR) is 133 cm³/mol. The van der Waals surface area contributed by atoms with Crippen LogP contribution < -0.4 is 10.2 Å². The van der Waals surface area contributed by atoms with Gasteiger partial charge in [0.25, 0.3) is 0 Å². The fraction of sp³-hybridized carbons (Fsp3) is 0.269. The van der Waals surface area contributed by atoms with E-state index in [4.69, 9.17) is 4.42 Å². The highest BCUT2D eigenvalue weighted by Gasteiger charge is 2.21. The van der Waals surface area contributed by atoms with E-state index >= 15 is 0 Å². The molecule has 168 valence electrons. The van der Waals surface area contributed by atoms with Crippen LogP contribution in [0.4, 0.5) is 11.6 Å². The summed E-state index contributed by atoms with van der Waals surface area (Å²) in [6.07, 6.45) is 9.16. The van der Waals surface area contributed by atoms with E-state index in [2.05, 4.69) is 62.9 Å². The number of hydrogen-bond donors (Lipinski definition) is 1. The third kappa shape index (κ3) is 4.59. The highest BCUT2D eigenvalue weighted by atomic mass is 16.3. The number of likely N-dealkylation sites (tertiary alicyclic amines) is 1. The van der Waals surface area contributed by atoms with Crippen LogP contribution in [-0.2, 0) is 0 Å². The number of nitrogens with zero attached hydrogens (tertiary/aromatic N) is 5. The molecule has 0 spiro atoms. The second kappa shape index (κ2) is 9.03. The zero-order valence-electron chi connectivity index (χ0n) is 19.0. The second-order valence-electron chi connectivity index (χ2n) is 8.65. The van der Waals surface area contributed by atoms with E-state index in [9.17, 15) is 0 Å². The summed E-state index contributed by atoms with van der Waals surface area (Å²) < 4.78 is 5.43. The molecule has 1 aliphatic heterocycles. The Morgan fingerprint density at radius 1 is 1.09 bits per heavy atom. The van der Waals surface area contributed by atoms with E-state index in [1.165, 1.54) is 6.39 Å². The van der Waals surface area contributed by atoms with Crippen molar-refractivity contribution in [1.82, 2.24) is 19.9 Å². The number of oxazole rings is 1. The molecule has 5 rings (SSSR count). The molecule has 4 aromatic rings. The van der Waals surface area contributed by atoms with Gasteiger partial charge in [-0.1, -0.05) is 18.7 Å². The van der Waals surface area contributed by atoms with Gasteiger partial charge in [-0.2, -0.15) is 0 Å². The summed E-state index contributed by atoms with van der Waals surface area (Å²) >= 11 is 0. The highest BCUT2D eigenvalue weighted by Crippen LogP contribution is 2.27. The first-order valence-corrected chi connectivity index (χ1v) is 11.2. The van der Waals surface area contributed by atoms with Crippen LogP contribution in [0.5, 0.6) is 0 Å². The molecule has 33 heavy (non-hydrogen) atoms. The molecule has 1 N–H and O–H groups in total. The fourth-order valence-electron chi connectivity index (χ4n) is 4.32. The van der Waals surface area contributed by atoms with E-state index in [0.29, 0.717) is 6.04 Å². The molecule has 1 aliphatic rings. The lowest BCUT2D eigenvalue weighted by atomic mass is 10.0. The van der Waals surface area contributed by atoms with E-state index in [1.807, 2.05) is 36.7 Å². The van der Waals surface area contributed by atoms with Crippen LogP contribution in [0.25, 0.3) is 27.8 Å². The number of pyridine rings is 2. The standard InChI is InChI=1S/C26H28N6O/c1-18(19-6-9-28-26(14-19)32(3)23-7-10-31(2)11-8-23)30-25-13-22-12-20(24-16-27-17-33-24)4-5-21(22)15-29-25/h4-6,9,12-17,23H,1,7-8,10-11H2,2-3H3,(H,29,30). The van der Waals surface area contributed by atoms with Crippen LogP contribution >= 0.6 is 0 Å². The first-order chi connectivity index (χ1) is 16.1. The normalized spacial score (nSPS) is 15.0. The van der Waals surface area contributed by atoms with Crippen LogP contribution in [0.15, 0.2) is 72.4 Å². The van der Waals surface area contributed by atoms with Gasteiger partial charge in [0, 0.05) is 47.7 Å². The van der Waals surface area contributed by atoms with E-state index in [1.54, 1.807) is 6.20 Å². The first-order valence-electron chi connectivity index (χ1n) is 11.2. The lowest BCUT2D eigenvalue weighted by Gasteiger charge is -2.35. The molecule has 7 nitrogen and oxygen atoms in total. The van der Waals surface area contributed by atoms with Crippen molar-refractivity contribution < 1.29 is 4.42 Å². The summed E-state index contributed by atoms with van der Waals surface area (Å²) in [7, 11) is 4.32. The Labute approximate surface area is 193 Å². The lowest BCUT2D eigenvalue weighted by Crippen LogP contribution is -2.42. The number of piperidine rings is 1. The predicted octanol–water partition coefficient (Wildman–Crippen LogP) is 4.90. The molecule has 4 heterocycles. The Morgan fingerprint density at radius 3 is 2.73 bits per heavy atom. The molecule has 0 radical (unpaired) electrons. The highest BCUT2D eigenvalue weighted by molar-refractivity contribution is 5.89. The molecule has 7 heteroatoms. The summed E-state index contributed by atoms with van der Waals surface area (Å²) in [6.45, 7) is 6.49. The Kier molecular flexibility index (Phi) is 5.79. The summed E-state index contributed by atoms with van der Waals surface area (Å²) in [4.78, 5) is 17.9. The van der Waals surface area contributed by atoms with Crippen LogP contribution in [0, 0.1) is 0 Å². The number of hydrogen-bond acceptors (Lipinski definition) is 7. The zero-order valence-corrected chi connectivity index (χ0v) is 19.0.